The Balaban J connectivity index is 1.74. The van der Waals surface area contributed by atoms with Gasteiger partial charge in [-0.15, -0.1) is 0 Å². The highest BCUT2D eigenvalue weighted by molar-refractivity contribution is 5.42. The molecule has 3 heteroatoms. The first kappa shape index (κ1) is 15.2. The highest BCUT2D eigenvalue weighted by Crippen LogP contribution is 2.30. The highest BCUT2D eigenvalue weighted by Gasteiger charge is 2.14. The summed E-state index contributed by atoms with van der Waals surface area (Å²) in [6.07, 6.45) is 8.35. The zero-order valence-corrected chi connectivity index (χ0v) is 12.7. The topological polar surface area (TPSA) is 41.5 Å². The van der Waals surface area contributed by atoms with Gasteiger partial charge in [0, 0.05) is 6.04 Å². The molecule has 1 aromatic carbocycles. The summed E-state index contributed by atoms with van der Waals surface area (Å²) in [5, 5.41) is 13.2. The third-order valence-corrected chi connectivity index (χ3v) is 4.42. The molecule has 1 aromatic rings. The van der Waals surface area contributed by atoms with Crippen molar-refractivity contribution in [1.82, 2.24) is 5.32 Å². The maximum atomic E-state index is 9.61. The monoisotopic (exact) mass is 277 g/mol. The first-order chi connectivity index (χ1) is 9.70. The van der Waals surface area contributed by atoms with Crippen LogP contribution < -0.4 is 10.1 Å². The van der Waals surface area contributed by atoms with Gasteiger partial charge in [0.05, 0.1) is 7.11 Å². The van der Waals surface area contributed by atoms with Crippen molar-refractivity contribution in [3.63, 3.8) is 0 Å². The van der Waals surface area contributed by atoms with E-state index in [4.69, 9.17) is 4.74 Å². The van der Waals surface area contributed by atoms with Crippen LogP contribution in [0.4, 0.5) is 0 Å². The molecule has 0 aromatic heterocycles. The van der Waals surface area contributed by atoms with E-state index in [2.05, 4.69) is 12.2 Å². The fraction of sp³-hybridized carbons (Fsp3) is 0.647. The maximum absolute atomic E-state index is 9.61. The number of phenolic OH excluding ortho intramolecular Hbond substituents is 1. The van der Waals surface area contributed by atoms with Crippen molar-refractivity contribution >= 4 is 0 Å². The first-order valence-corrected chi connectivity index (χ1v) is 7.81. The second kappa shape index (κ2) is 7.53. The third-order valence-electron chi connectivity index (χ3n) is 4.42. The van der Waals surface area contributed by atoms with Gasteiger partial charge in [-0.3, -0.25) is 0 Å². The van der Waals surface area contributed by atoms with Crippen LogP contribution in [0.15, 0.2) is 18.2 Å². The lowest BCUT2D eigenvalue weighted by atomic mass is 10.0. The zero-order chi connectivity index (χ0) is 14.4. The fourth-order valence-electron chi connectivity index (χ4n) is 3.09. The summed E-state index contributed by atoms with van der Waals surface area (Å²) in [5.41, 5.74) is 1.15. The second-order valence-electron chi connectivity index (χ2n) is 5.90. The van der Waals surface area contributed by atoms with Crippen LogP contribution in [0.2, 0.25) is 0 Å². The Morgan fingerprint density at radius 1 is 1.35 bits per heavy atom. The largest absolute Gasteiger partial charge is 0.504 e. The van der Waals surface area contributed by atoms with E-state index in [1.54, 1.807) is 13.2 Å². The van der Waals surface area contributed by atoms with Crippen molar-refractivity contribution < 1.29 is 9.84 Å². The Morgan fingerprint density at radius 2 is 2.10 bits per heavy atom. The van der Waals surface area contributed by atoms with E-state index in [-0.39, 0.29) is 11.8 Å². The second-order valence-corrected chi connectivity index (χ2v) is 5.90. The van der Waals surface area contributed by atoms with Gasteiger partial charge in [-0.1, -0.05) is 31.7 Å². The number of hydrogen-bond acceptors (Lipinski definition) is 3. The molecule has 1 aliphatic rings. The number of aromatic hydroxyl groups is 1. The van der Waals surface area contributed by atoms with Gasteiger partial charge in [-0.25, -0.2) is 0 Å². The summed E-state index contributed by atoms with van der Waals surface area (Å²) in [6.45, 7) is 3.21. The Hall–Kier alpha value is -1.22. The molecule has 0 saturated heterocycles. The number of methoxy groups -OCH3 is 1. The van der Waals surface area contributed by atoms with Gasteiger partial charge in [-0.05, 0) is 49.9 Å². The Morgan fingerprint density at radius 3 is 2.80 bits per heavy atom. The Labute approximate surface area is 122 Å². The van der Waals surface area contributed by atoms with Crippen molar-refractivity contribution in [2.24, 2.45) is 5.92 Å². The number of ether oxygens (including phenoxy) is 1. The average molecular weight is 277 g/mol. The lowest BCUT2D eigenvalue weighted by Gasteiger charge is -2.16. The summed E-state index contributed by atoms with van der Waals surface area (Å²) in [4.78, 5) is 0. The van der Waals surface area contributed by atoms with E-state index >= 15 is 0 Å². The first-order valence-electron chi connectivity index (χ1n) is 7.81. The molecule has 1 saturated carbocycles. The predicted octanol–water partition coefficient (Wildman–Crippen LogP) is 4.02. The molecule has 3 nitrogen and oxygen atoms in total. The minimum Gasteiger partial charge on any atom is -0.504 e. The molecule has 1 unspecified atom stereocenters. The van der Waals surface area contributed by atoms with Crippen molar-refractivity contribution in [2.45, 2.75) is 51.5 Å². The lowest BCUT2D eigenvalue weighted by molar-refractivity contribution is 0.372. The predicted molar refractivity (Wildman–Crippen MR) is 82.3 cm³/mol. The molecule has 20 heavy (non-hydrogen) atoms. The number of benzene rings is 1. The van der Waals surface area contributed by atoms with Gasteiger partial charge in [0.25, 0.3) is 0 Å². The van der Waals surface area contributed by atoms with E-state index in [1.807, 2.05) is 12.1 Å². The van der Waals surface area contributed by atoms with Crippen LogP contribution in [0, 0.1) is 5.92 Å². The molecular weight excluding hydrogens is 250 g/mol. The summed E-state index contributed by atoms with van der Waals surface area (Å²) in [5.74, 6) is 1.72. The lowest BCUT2D eigenvalue weighted by Crippen LogP contribution is -2.20. The van der Waals surface area contributed by atoms with Crippen molar-refractivity contribution in [1.29, 1.82) is 0 Å². The van der Waals surface area contributed by atoms with Gasteiger partial charge >= 0.3 is 0 Å². The number of nitrogens with one attached hydrogen (secondary N) is 1. The van der Waals surface area contributed by atoms with Gasteiger partial charge < -0.3 is 15.2 Å². The quantitative estimate of drug-likeness (QED) is 0.740. The molecule has 112 valence electrons. The molecule has 1 aliphatic carbocycles. The van der Waals surface area contributed by atoms with E-state index in [0.717, 1.165) is 18.0 Å². The van der Waals surface area contributed by atoms with Crippen LogP contribution in [0.5, 0.6) is 11.5 Å². The van der Waals surface area contributed by atoms with E-state index in [9.17, 15) is 5.11 Å². The zero-order valence-electron chi connectivity index (χ0n) is 12.7. The van der Waals surface area contributed by atoms with Crippen LogP contribution in [0.3, 0.4) is 0 Å². The molecule has 0 amide bonds. The number of hydrogen-bond donors (Lipinski definition) is 2. The standard InChI is InChI=1S/C17H27NO2/c1-13(15-9-10-16(19)17(12-15)20-2)18-11-5-8-14-6-3-4-7-14/h9-10,12-14,18-19H,3-8,11H2,1-2H3. The molecule has 1 fully saturated rings. The molecule has 0 spiro atoms. The van der Waals surface area contributed by atoms with Gasteiger partial charge in [0.2, 0.25) is 0 Å². The molecule has 0 radical (unpaired) electrons. The average Bonchev–Trinajstić information content (AvgIpc) is 2.97. The molecule has 0 heterocycles. The smallest absolute Gasteiger partial charge is 0.160 e. The SMILES string of the molecule is COc1cc(C(C)NCCCC2CCCC2)ccc1O. The maximum Gasteiger partial charge on any atom is 0.160 e. The molecule has 1 atom stereocenters. The van der Waals surface area contributed by atoms with Crippen LogP contribution in [0.1, 0.15) is 57.1 Å². The Kier molecular flexibility index (Phi) is 5.72. The summed E-state index contributed by atoms with van der Waals surface area (Å²) >= 11 is 0. The number of phenols is 1. The van der Waals surface area contributed by atoms with Gasteiger partial charge in [-0.2, -0.15) is 0 Å². The molecule has 2 rings (SSSR count). The molecule has 2 N–H and O–H groups in total. The molecule has 0 bridgehead atoms. The van der Waals surface area contributed by atoms with Crippen molar-refractivity contribution in [3.05, 3.63) is 23.8 Å². The van der Waals surface area contributed by atoms with E-state index < -0.39 is 0 Å². The summed E-state index contributed by atoms with van der Waals surface area (Å²) in [6, 6.07) is 5.84. The van der Waals surface area contributed by atoms with Crippen LogP contribution in [-0.2, 0) is 0 Å². The normalized spacial score (nSPS) is 17.3. The molecular formula is C17H27NO2. The van der Waals surface area contributed by atoms with E-state index in [1.165, 1.54) is 38.5 Å². The highest BCUT2D eigenvalue weighted by atomic mass is 16.5. The van der Waals surface area contributed by atoms with Gasteiger partial charge in [0.15, 0.2) is 11.5 Å². The minimum atomic E-state index is 0.199. The summed E-state index contributed by atoms with van der Waals surface area (Å²) in [7, 11) is 1.58. The van der Waals surface area contributed by atoms with Crippen LogP contribution >= 0.6 is 0 Å². The Bertz CT molecular complexity index is 413. The van der Waals surface area contributed by atoms with E-state index in [0.29, 0.717) is 5.75 Å². The number of rotatable bonds is 7. The van der Waals surface area contributed by atoms with Crippen LogP contribution in [0.25, 0.3) is 0 Å². The summed E-state index contributed by atoms with van der Waals surface area (Å²) < 4.78 is 5.15. The van der Waals surface area contributed by atoms with Crippen molar-refractivity contribution in [2.75, 3.05) is 13.7 Å². The van der Waals surface area contributed by atoms with Gasteiger partial charge in [0.1, 0.15) is 0 Å². The van der Waals surface area contributed by atoms with Crippen LogP contribution in [-0.4, -0.2) is 18.8 Å². The molecule has 0 aliphatic heterocycles. The third kappa shape index (κ3) is 4.14. The fourth-order valence-corrected chi connectivity index (χ4v) is 3.09. The van der Waals surface area contributed by atoms with Crippen molar-refractivity contribution in [3.8, 4) is 11.5 Å². The minimum absolute atomic E-state index is 0.199.